The molecule has 87 heavy (non-hydrogen) atoms. The van der Waals surface area contributed by atoms with Crippen LogP contribution in [-0.2, 0) is 51.6 Å². The minimum absolute atomic E-state index is 0. The predicted octanol–water partition coefficient (Wildman–Crippen LogP) is 9.39. The van der Waals surface area contributed by atoms with Gasteiger partial charge in [0.15, 0.2) is 0 Å². The summed E-state index contributed by atoms with van der Waals surface area (Å²) in [6.45, 7) is 62.1. The van der Waals surface area contributed by atoms with E-state index in [0.717, 1.165) is 101 Å². The van der Waals surface area contributed by atoms with E-state index in [2.05, 4.69) is 184 Å². The van der Waals surface area contributed by atoms with Crippen LogP contribution in [0, 0.1) is 16.2 Å². The Kier molecular flexibility index (Phi) is 33.7. The molecule has 0 aromatic heterocycles. The average molecular weight is 1220 g/mol. The zero-order chi connectivity index (χ0) is 65.3. The summed E-state index contributed by atoms with van der Waals surface area (Å²) < 4.78 is 4.83. The third kappa shape index (κ3) is 23.8. The third-order valence-electron chi connectivity index (χ3n) is 16.5. The molecule has 6 rings (SSSR count). The van der Waals surface area contributed by atoms with Gasteiger partial charge in [-0.05, 0) is 169 Å². The van der Waals surface area contributed by atoms with E-state index in [1.165, 1.54) is 0 Å². The number of rotatable bonds is 8. The summed E-state index contributed by atoms with van der Waals surface area (Å²) in [7, 11) is 0. The van der Waals surface area contributed by atoms with E-state index in [9.17, 15) is 29.7 Å². The summed E-state index contributed by atoms with van der Waals surface area (Å²) in [5.41, 5.74) is 10.8. The Morgan fingerprint density at radius 1 is 0.402 bits per heavy atom. The molecule has 0 spiro atoms. The number of hydrogen-bond donors (Lipinski definition) is 0. The van der Waals surface area contributed by atoms with Gasteiger partial charge in [-0.1, -0.05) is 239 Å². The van der Waals surface area contributed by atoms with Crippen molar-refractivity contribution in [3.8, 4) is 17.2 Å². The van der Waals surface area contributed by atoms with Crippen LogP contribution in [0.1, 0.15) is 276 Å². The largest absolute Gasteiger partial charge is 1.00 e. The third-order valence-corrected chi connectivity index (χ3v) is 16.5. The fraction of sp³-hybridized carbons (Fsp3) is 0.571. The Bertz CT molecular complexity index is 2680. The number of hydrogen-bond acceptors (Lipinski definition) is 7. The van der Waals surface area contributed by atoms with Gasteiger partial charge in [0.2, 0.25) is 0 Å². The first-order valence-electron chi connectivity index (χ1n) is 30.7. The standard InChI is InChI=1S/C43H64O3.3C10H14O.C4H10O.3Na/c1-38(2,3)25-19-28(35(44)31(22-25)41(10,11)12)34(29-20-26(39(4,5)6)23-32(36(29)45)42(13,14)15)30-21-27(40(7,8)9)24-33(37(30)46)43(16,17)18;3*1-8-5-4-6-10(2,3)9(8)7-11;1-3-5-4-2;;;/h19-24,34,44-46H,1-18H3;3*4-5,7H,6H2,1-3H3;3-4H2,1-2H3;;;/q;;;;;3*+1/p-3. The monoisotopic (exact) mass is 1220 g/mol. The van der Waals surface area contributed by atoms with E-state index in [0.29, 0.717) is 33.4 Å². The maximum Gasteiger partial charge on any atom is 1.00 e. The summed E-state index contributed by atoms with van der Waals surface area (Å²) in [6, 6.07) is 12.1. The van der Waals surface area contributed by atoms with Crippen molar-refractivity contribution in [2.45, 2.75) is 258 Å². The van der Waals surface area contributed by atoms with E-state index in [4.69, 9.17) is 4.74 Å². The number of benzene rings is 3. The summed E-state index contributed by atoms with van der Waals surface area (Å²) in [4.78, 5) is 32.1. The van der Waals surface area contributed by atoms with Crippen molar-refractivity contribution in [2.75, 3.05) is 13.2 Å². The molecule has 3 aromatic rings. The van der Waals surface area contributed by atoms with Crippen molar-refractivity contribution in [3.05, 3.63) is 156 Å². The molecular formula is C77H113Na3O7. The normalized spacial score (nSPS) is 16.2. The van der Waals surface area contributed by atoms with E-state index < -0.39 is 22.2 Å². The Balaban J connectivity index is 0. The van der Waals surface area contributed by atoms with Crippen LogP contribution in [-0.4, -0.2) is 32.1 Å². The smallest absolute Gasteiger partial charge is 0.872 e. The van der Waals surface area contributed by atoms with Gasteiger partial charge >= 0.3 is 88.7 Å². The zero-order valence-electron chi connectivity index (χ0n) is 61.1. The first kappa shape index (κ1) is 86.5. The van der Waals surface area contributed by atoms with Crippen LogP contribution in [0.25, 0.3) is 0 Å². The molecule has 0 heterocycles. The van der Waals surface area contributed by atoms with Crippen molar-refractivity contribution in [2.24, 2.45) is 16.2 Å². The Hall–Kier alpha value is -2.53. The molecule has 3 aliphatic rings. The molecule has 0 bridgehead atoms. The zero-order valence-corrected chi connectivity index (χ0v) is 67.1. The Labute approximate surface area is 597 Å². The molecule has 0 fully saturated rings. The van der Waals surface area contributed by atoms with Gasteiger partial charge in [-0.25, -0.2) is 0 Å². The van der Waals surface area contributed by atoms with Gasteiger partial charge in [-0.15, -0.1) is 17.2 Å². The van der Waals surface area contributed by atoms with Crippen LogP contribution in [0.15, 0.2) is 106 Å². The second kappa shape index (κ2) is 33.9. The van der Waals surface area contributed by atoms with Crippen LogP contribution >= 0.6 is 0 Å². The van der Waals surface area contributed by atoms with Gasteiger partial charge in [-0.3, -0.25) is 14.4 Å². The van der Waals surface area contributed by atoms with E-state index >= 15 is 0 Å². The molecule has 10 heteroatoms. The van der Waals surface area contributed by atoms with E-state index in [-0.39, 0.29) is 138 Å². The number of aldehydes is 3. The fourth-order valence-corrected chi connectivity index (χ4v) is 10.8. The maximum atomic E-state index is 14.8. The number of ether oxygens (including phenoxy) is 1. The Morgan fingerprint density at radius 2 is 0.609 bits per heavy atom. The number of carbonyl (C=O) groups excluding carboxylic acids is 3. The van der Waals surface area contributed by atoms with E-state index in [1.54, 1.807) is 0 Å². The van der Waals surface area contributed by atoms with E-state index in [1.807, 2.05) is 89.2 Å². The van der Waals surface area contributed by atoms with Gasteiger partial charge < -0.3 is 20.1 Å². The number of allylic oxidation sites excluding steroid dienone is 12. The SMILES string of the molecule is CC(C)(C)c1cc(C(c2cc(C(C)(C)C)cc(C(C)(C)C)c2[O-])c2cc(C(C)(C)C)cc(C(C)(C)C)c2[O-])c([O-])c(C(C)(C)C)c1.CC1=C(C=O)C(C)(C)CC=C1.CC1=C(C=O)C(C)(C)CC=C1.CC1=C(C=O)C(C)(C)CC=C1.CCOCC.[Na+].[Na+].[Na+]. The quantitative estimate of drug-likeness (QED) is 0.125. The molecule has 0 saturated carbocycles. The predicted molar refractivity (Wildman–Crippen MR) is 352 cm³/mol. The fourth-order valence-electron chi connectivity index (χ4n) is 10.8. The molecule has 0 amide bonds. The van der Waals surface area contributed by atoms with Gasteiger partial charge in [0.25, 0.3) is 0 Å². The van der Waals surface area contributed by atoms with Crippen LogP contribution in [0.4, 0.5) is 0 Å². The van der Waals surface area contributed by atoms with Gasteiger partial charge in [0.1, 0.15) is 18.9 Å². The molecule has 0 N–H and O–H groups in total. The average Bonchev–Trinajstić information content (AvgIpc) is 0.762. The van der Waals surface area contributed by atoms with Gasteiger partial charge in [-0.2, -0.15) is 0 Å². The van der Waals surface area contributed by atoms with Crippen LogP contribution < -0.4 is 104 Å². The Morgan fingerprint density at radius 3 is 0.736 bits per heavy atom. The van der Waals surface area contributed by atoms with Crippen LogP contribution in [0.3, 0.4) is 0 Å². The summed E-state index contributed by atoms with van der Waals surface area (Å²) in [5, 5.41) is 44.5. The molecule has 0 atom stereocenters. The summed E-state index contributed by atoms with van der Waals surface area (Å²) >= 11 is 0. The van der Waals surface area contributed by atoms with Crippen molar-refractivity contribution >= 4 is 18.9 Å². The molecule has 7 nitrogen and oxygen atoms in total. The van der Waals surface area contributed by atoms with Crippen molar-refractivity contribution in [1.29, 1.82) is 0 Å². The van der Waals surface area contributed by atoms with Crippen LogP contribution in [0.2, 0.25) is 0 Å². The van der Waals surface area contributed by atoms with Crippen molar-refractivity contribution < 1.29 is 123 Å². The molecule has 466 valence electrons. The first-order valence-corrected chi connectivity index (χ1v) is 30.7. The topological polar surface area (TPSA) is 130 Å². The summed E-state index contributed by atoms with van der Waals surface area (Å²) in [5.74, 6) is -1.12. The minimum atomic E-state index is -0.831. The van der Waals surface area contributed by atoms with Crippen molar-refractivity contribution in [1.82, 2.24) is 0 Å². The maximum absolute atomic E-state index is 14.8. The molecule has 0 unspecified atom stereocenters. The molecule has 3 aromatic carbocycles. The minimum Gasteiger partial charge on any atom is -0.872 e. The molecule has 0 aliphatic heterocycles. The first-order chi connectivity index (χ1) is 38.0. The second-order valence-corrected chi connectivity index (χ2v) is 31.7. The van der Waals surface area contributed by atoms with Gasteiger partial charge in [0, 0.05) is 35.9 Å². The molecular weight excluding hydrogens is 1110 g/mol. The number of carbonyl (C=O) groups is 3. The van der Waals surface area contributed by atoms with Crippen molar-refractivity contribution in [3.63, 3.8) is 0 Å². The molecule has 3 aliphatic carbocycles. The second-order valence-electron chi connectivity index (χ2n) is 31.7. The summed E-state index contributed by atoms with van der Waals surface area (Å²) in [6.07, 6.45) is 18.3. The van der Waals surface area contributed by atoms with Gasteiger partial charge in [0.05, 0.1) is 0 Å². The van der Waals surface area contributed by atoms with Crippen LogP contribution in [0.5, 0.6) is 17.2 Å². The molecule has 0 saturated heterocycles. The molecule has 0 radical (unpaired) electrons.